The van der Waals surface area contributed by atoms with Gasteiger partial charge in [0, 0.05) is 6.04 Å². The zero-order valence-electron chi connectivity index (χ0n) is 14.9. The van der Waals surface area contributed by atoms with Crippen LogP contribution in [0.4, 0.5) is 4.39 Å². The summed E-state index contributed by atoms with van der Waals surface area (Å²) >= 11 is 0. The summed E-state index contributed by atoms with van der Waals surface area (Å²) in [4.78, 5) is 25.1. The Morgan fingerprint density at radius 3 is 2.62 bits per heavy atom. The smallest absolute Gasteiger partial charge is 0.275 e. The van der Waals surface area contributed by atoms with Gasteiger partial charge in [-0.15, -0.1) is 0 Å². The molecule has 1 heterocycles. The van der Waals surface area contributed by atoms with Crippen molar-refractivity contribution in [3.63, 3.8) is 0 Å². The van der Waals surface area contributed by atoms with Crippen LogP contribution in [0.3, 0.4) is 0 Å². The number of carbonyl (C=O) groups excluding carboxylic acids is 1. The predicted octanol–water partition coefficient (Wildman–Crippen LogP) is 2.69. The molecular weight excluding hydrogens is 337 g/mol. The van der Waals surface area contributed by atoms with Crippen molar-refractivity contribution in [3.8, 4) is 11.4 Å². The van der Waals surface area contributed by atoms with Crippen molar-refractivity contribution in [2.45, 2.75) is 38.6 Å². The summed E-state index contributed by atoms with van der Waals surface area (Å²) in [6.45, 7) is 2.12. The Balaban J connectivity index is 1.94. The van der Waals surface area contributed by atoms with Crippen LogP contribution >= 0.6 is 0 Å². The maximum absolute atomic E-state index is 13.1. The summed E-state index contributed by atoms with van der Waals surface area (Å²) in [6.07, 6.45) is 4.25. The number of ether oxygens (including phenoxy) is 1. The summed E-state index contributed by atoms with van der Waals surface area (Å²) in [5.74, 6) is -0.285. The maximum Gasteiger partial charge on any atom is 0.275 e. The summed E-state index contributed by atoms with van der Waals surface area (Å²) < 4.78 is 19.4. The van der Waals surface area contributed by atoms with Crippen LogP contribution in [-0.4, -0.2) is 28.8 Å². The molecule has 1 amide bonds. The van der Waals surface area contributed by atoms with Gasteiger partial charge >= 0.3 is 0 Å². The molecule has 0 bridgehead atoms. The standard InChI is InChI=1S/C19H22FN3O3/c1-12-5-3-4-6-15(12)21-19(25)18-16(26-2)11-17(24)23(22-18)14-9-7-13(20)8-10-14/h7-12,15H,3-6H2,1-2H3,(H,21,25)/t12-,15+/m0/s1. The molecule has 0 spiro atoms. The Bertz CT molecular complexity index is 848. The van der Waals surface area contributed by atoms with Gasteiger partial charge in [0.25, 0.3) is 11.5 Å². The van der Waals surface area contributed by atoms with E-state index in [0.717, 1.165) is 23.9 Å². The number of halogens is 1. The summed E-state index contributed by atoms with van der Waals surface area (Å²) in [5, 5.41) is 7.19. The van der Waals surface area contributed by atoms with Gasteiger partial charge in [-0.1, -0.05) is 19.8 Å². The van der Waals surface area contributed by atoms with E-state index < -0.39 is 11.4 Å². The van der Waals surface area contributed by atoms with Crippen LogP contribution in [0.1, 0.15) is 43.1 Å². The van der Waals surface area contributed by atoms with Crippen molar-refractivity contribution in [2.75, 3.05) is 7.11 Å². The maximum atomic E-state index is 13.1. The first-order valence-electron chi connectivity index (χ1n) is 8.74. The number of aromatic nitrogens is 2. The van der Waals surface area contributed by atoms with Crippen molar-refractivity contribution in [1.82, 2.24) is 15.1 Å². The van der Waals surface area contributed by atoms with E-state index in [4.69, 9.17) is 4.74 Å². The lowest BCUT2D eigenvalue weighted by Gasteiger charge is -2.29. The second-order valence-electron chi connectivity index (χ2n) is 6.63. The van der Waals surface area contributed by atoms with Crippen molar-refractivity contribution in [3.05, 3.63) is 52.2 Å². The first-order valence-corrected chi connectivity index (χ1v) is 8.74. The van der Waals surface area contributed by atoms with Crippen LogP contribution in [0.15, 0.2) is 35.1 Å². The van der Waals surface area contributed by atoms with Gasteiger partial charge in [-0.3, -0.25) is 9.59 Å². The summed E-state index contributed by atoms with van der Waals surface area (Å²) in [7, 11) is 1.39. The number of rotatable bonds is 4. The molecule has 1 aromatic carbocycles. The molecule has 1 fully saturated rings. The molecule has 3 rings (SSSR count). The number of carbonyl (C=O) groups is 1. The highest BCUT2D eigenvalue weighted by molar-refractivity contribution is 5.95. The Morgan fingerprint density at radius 2 is 1.96 bits per heavy atom. The fourth-order valence-corrected chi connectivity index (χ4v) is 3.29. The minimum Gasteiger partial charge on any atom is -0.494 e. The molecule has 0 aliphatic heterocycles. The highest BCUT2D eigenvalue weighted by Crippen LogP contribution is 2.24. The van der Waals surface area contributed by atoms with Gasteiger partial charge in [0.2, 0.25) is 0 Å². The van der Waals surface area contributed by atoms with Crippen LogP contribution in [0.25, 0.3) is 5.69 Å². The monoisotopic (exact) mass is 359 g/mol. The van der Waals surface area contributed by atoms with Crippen LogP contribution < -0.4 is 15.6 Å². The van der Waals surface area contributed by atoms with Crippen LogP contribution in [-0.2, 0) is 0 Å². The quantitative estimate of drug-likeness (QED) is 0.911. The molecule has 1 aliphatic rings. The van der Waals surface area contributed by atoms with E-state index >= 15 is 0 Å². The molecule has 1 aromatic heterocycles. The molecule has 0 unspecified atom stereocenters. The van der Waals surface area contributed by atoms with E-state index in [1.807, 2.05) is 0 Å². The van der Waals surface area contributed by atoms with Gasteiger partial charge in [-0.05, 0) is 43.0 Å². The SMILES string of the molecule is COc1cc(=O)n(-c2ccc(F)cc2)nc1C(=O)N[C@@H]1CCCC[C@@H]1C. The van der Waals surface area contributed by atoms with Crippen molar-refractivity contribution in [1.29, 1.82) is 0 Å². The van der Waals surface area contributed by atoms with E-state index in [-0.39, 0.29) is 23.4 Å². The molecule has 138 valence electrons. The normalized spacial score (nSPS) is 19.8. The molecule has 2 aromatic rings. The fraction of sp³-hybridized carbons (Fsp3) is 0.421. The zero-order chi connectivity index (χ0) is 18.7. The topological polar surface area (TPSA) is 73.2 Å². The Morgan fingerprint density at radius 1 is 1.27 bits per heavy atom. The molecular formula is C19H22FN3O3. The van der Waals surface area contributed by atoms with Gasteiger partial charge in [0.1, 0.15) is 5.82 Å². The third-order valence-corrected chi connectivity index (χ3v) is 4.83. The average molecular weight is 359 g/mol. The molecule has 26 heavy (non-hydrogen) atoms. The van der Waals surface area contributed by atoms with Crippen molar-refractivity contribution in [2.24, 2.45) is 5.92 Å². The third-order valence-electron chi connectivity index (χ3n) is 4.83. The van der Waals surface area contributed by atoms with E-state index in [9.17, 15) is 14.0 Å². The number of benzene rings is 1. The fourth-order valence-electron chi connectivity index (χ4n) is 3.29. The number of amides is 1. The molecule has 0 saturated heterocycles. The predicted molar refractivity (Wildman–Crippen MR) is 95.2 cm³/mol. The summed E-state index contributed by atoms with van der Waals surface area (Å²) in [5.41, 5.74) is -0.0515. The highest BCUT2D eigenvalue weighted by atomic mass is 19.1. The van der Waals surface area contributed by atoms with E-state index in [0.29, 0.717) is 11.6 Å². The van der Waals surface area contributed by atoms with Gasteiger partial charge in [0.15, 0.2) is 11.4 Å². The molecule has 1 aliphatic carbocycles. The zero-order valence-corrected chi connectivity index (χ0v) is 14.9. The third kappa shape index (κ3) is 3.76. The molecule has 1 saturated carbocycles. The van der Waals surface area contributed by atoms with Crippen LogP contribution in [0.2, 0.25) is 0 Å². The lowest BCUT2D eigenvalue weighted by Crippen LogP contribution is -2.42. The minimum atomic E-state index is -0.462. The van der Waals surface area contributed by atoms with Gasteiger partial charge in [-0.2, -0.15) is 9.78 Å². The van der Waals surface area contributed by atoms with Crippen molar-refractivity contribution >= 4 is 5.91 Å². The Labute approximate surface area is 151 Å². The molecule has 6 nitrogen and oxygen atoms in total. The van der Waals surface area contributed by atoms with Gasteiger partial charge in [0.05, 0.1) is 18.9 Å². The van der Waals surface area contributed by atoms with E-state index in [1.165, 1.54) is 43.9 Å². The second-order valence-corrected chi connectivity index (χ2v) is 6.63. The number of hydrogen-bond donors (Lipinski definition) is 1. The molecule has 0 radical (unpaired) electrons. The second kappa shape index (κ2) is 7.68. The lowest BCUT2D eigenvalue weighted by molar-refractivity contribution is 0.0899. The first-order chi connectivity index (χ1) is 12.5. The summed E-state index contributed by atoms with van der Waals surface area (Å²) in [6, 6.07) is 6.63. The molecule has 1 N–H and O–H groups in total. The van der Waals surface area contributed by atoms with Crippen LogP contribution in [0, 0.1) is 11.7 Å². The minimum absolute atomic E-state index is 0.0363. The number of hydrogen-bond acceptors (Lipinski definition) is 4. The largest absolute Gasteiger partial charge is 0.494 e. The Hall–Kier alpha value is -2.70. The first kappa shape index (κ1) is 18.1. The lowest BCUT2D eigenvalue weighted by atomic mass is 9.86. The van der Waals surface area contributed by atoms with Crippen molar-refractivity contribution < 1.29 is 13.9 Å². The van der Waals surface area contributed by atoms with E-state index in [2.05, 4.69) is 17.3 Å². The van der Waals surface area contributed by atoms with E-state index in [1.54, 1.807) is 0 Å². The average Bonchev–Trinajstić information content (AvgIpc) is 2.64. The molecule has 2 atom stereocenters. The van der Waals surface area contributed by atoms with Gasteiger partial charge < -0.3 is 10.1 Å². The Kier molecular flexibility index (Phi) is 5.35. The number of nitrogens with zero attached hydrogens (tertiary/aromatic N) is 2. The molecule has 7 heteroatoms. The van der Waals surface area contributed by atoms with Crippen LogP contribution in [0.5, 0.6) is 5.75 Å². The number of methoxy groups -OCH3 is 1. The number of nitrogens with one attached hydrogen (secondary N) is 1. The highest BCUT2D eigenvalue weighted by Gasteiger charge is 2.26. The van der Waals surface area contributed by atoms with Gasteiger partial charge in [-0.25, -0.2) is 4.39 Å².